The maximum absolute atomic E-state index is 11.9. The lowest BCUT2D eigenvalue weighted by Gasteiger charge is -2.07. The molecule has 1 saturated heterocycles. The number of carbonyl (C=O) groups excluding carboxylic acids is 2. The summed E-state index contributed by atoms with van der Waals surface area (Å²) in [6.07, 6.45) is 0. The van der Waals surface area contributed by atoms with Crippen LogP contribution in [0.5, 0.6) is 0 Å². The number of amides is 2. The normalized spacial score (nSPS) is 32.6. The molecule has 1 unspecified atom stereocenters. The van der Waals surface area contributed by atoms with Crippen LogP contribution in [0, 0.1) is 43.6 Å². The first kappa shape index (κ1) is 12.8. The molecule has 1 aromatic rings. The molecule has 1 aliphatic carbocycles. The topological polar surface area (TPSA) is 137 Å². The number of piperidine rings is 1. The van der Waals surface area contributed by atoms with Gasteiger partial charge in [-0.2, -0.15) is 10.5 Å². The molecule has 0 aromatic heterocycles. The average molecular weight is 282 g/mol. The van der Waals surface area contributed by atoms with E-state index in [1.54, 1.807) is 12.1 Å². The highest BCUT2D eigenvalue weighted by molar-refractivity contribution is 6.19. The van der Waals surface area contributed by atoms with Gasteiger partial charge in [0, 0.05) is 18.1 Å². The molecule has 0 spiro atoms. The Morgan fingerprint density at radius 3 is 1.95 bits per heavy atom. The molecule has 2 aliphatic rings. The second-order valence-electron chi connectivity index (χ2n) is 4.90. The van der Waals surface area contributed by atoms with Gasteiger partial charge in [-0.1, -0.05) is 12.1 Å². The van der Waals surface area contributed by atoms with Crippen molar-refractivity contribution >= 4 is 17.5 Å². The Hall–Kier alpha value is -3.26. The largest absolute Gasteiger partial charge is 0.293 e. The average Bonchev–Trinajstić information content (AvgIpc) is 3.05. The summed E-state index contributed by atoms with van der Waals surface area (Å²) < 4.78 is 0. The quantitative estimate of drug-likeness (QED) is 0.472. The number of rotatable bonds is 2. The molecule has 3 atom stereocenters. The summed E-state index contributed by atoms with van der Waals surface area (Å²) in [5, 5.41) is 31.2. The smallest absolute Gasteiger partial charge is 0.269 e. The maximum atomic E-state index is 11.9. The highest BCUT2D eigenvalue weighted by atomic mass is 16.6. The molecule has 3 rings (SSSR count). The third-order valence-corrected chi connectivity index (χ3v) is 4.14. The lowest BCUT2D eigenvalue weighted by Crippen LogP contribution is -2.31. The molecule has 8 heteroatoms. The molecule has 0 radical (unpaired) electrons. The fraction of sp³-hybridized carbons (Fsp3) is 0.231. The zero-order valence-corrected chi connectivity index (χ0v) is 10.4. The molecule has 102 valence electrons. The van der Waals surface area contributed by atoms with E-state index < -0.39 is 33.5 Å². The Balaban J connectivity index is 2.11. The molecule has 1 aromatic carbocycles. The van der Waals surface area contributed by atoms with E-state index in [1.807, 2.05) is 5.32 Å². The van der Waals surface area contributed by atoms with Crippen LogP contribution >= 0.6 is 0 Å². The van der Waals surface area contributed by atoms with E-state index in [0.717, 1.165) is 0 Å². The van der Waals surface area contributed by atoms with Crippen molar-refractivity contribution in [2.24, 2.45) is 10.8 Å². The van der Waals surface area contributed by atoms with Crippen LogP contribution in [0.25, 0.3) is 0 Å². The van der Waals surface area contributed by atoms with Crippen LogP contribution in [0.2, 0.25) is 0 Å². The summed E-state index contributed by atoms with van der Waals surface area (Å²) >= 11 is 0. The SMILES string of the molecule is N#C[C@@]12C(=O)NC(=O)[C@]1(C#N)C2c1ccc([N+](=O)[O-])cc1. The fourth-order valence-electron chi connectivity index (χ4n) is 3.09. The monoisotopic (exact) mass is 282 g/mol. The summed E-state index contributed by atoms with van der Waals surface area (Å²) in [5.74, 6) is -2.48. The van der Waals surface area contributed by atoms with E-state index in [-0.39, 0.29) is 5.69 Å². The van der Waals surface area contributed by atoms with Gasteiger partial charge in [0.25, 0.3) is 5.69 Å². The number of non-ortho nitro benzene ring substituents is 1. The van der Waals surface area contributed by atoms with E-state index in [9.17, 15) is 30.2 Å². The molecule has 0 bridgehead atoms. The van der Waals surface area contributed by atoms with Gasteiger partial charge >= 0.3 is 0 Å². The van der Waals surface area contributed by atoms with Crippen LogP contribution in [-0.2, 0) is 9.59 Å². The van der Waals surface area contributed by atoms with Crippen LogP contribution in [0.3, 0.4) is 0 Å². The van der Waals surface area contributed by atoms with Crippen molar-refractivity contribution in [1.82, 2.24) is 5.32 Å². The zero-order valence-electron chi connectivity index (χ0n) is 10.4. The fourth-order valence-corrected chi connectivity index (χ4v) is 3.09. The first-order valence-electron chi connectivity index (χ1n) is 5.88. The van der Waals surface area contributed by atoms with Crippen molar-refractivity contribution in [3.63, 3.8) is 0 Å². The number of hydrogen-bond donors (Lipinski definition) is 1. The van der Waals surface area contributed by atoms with Crippen LogP contribution in [0.4, 0.5) is 5.69 Å². The van der Waals surface area contributed by atoms with Crippen LogP contribution in [0.1, 0.15) is 11.5 Å². The summed E-state index contributed by atoms with van der Waals surface area (Å²) in [5.41, 5.74) is -3.26. The highest BCUT2D eigenvalue weighted by Crippen LogP contribution is 2.76. The molecule has 8 nitrogen and oxygen atoms in total. The van der Waals surface area contributed by atoms with E-state index in [0.29, 0.717) is 5.56 Å². The number of nitro groups is 1. The first-order chi connectivity index (χ1) is 9.95. The minimum Gasteiger partial charge on any atom is -0.293 e. The van der Waals surface area contributed by atoms with Crippen LogP contribution in [0.15, 0.2) is 24.3 Å². The van der Waals surface area contributed by atoms with Crippen molar-refractivity contribution in [2.75, 3.05) is 0 Å². The third kappa shape index (κ3) is 1.17. The molecule has 21 heavy (non-hydrogen) atoms. The van der Waals surface area contributed by atoms with Gasteiger partial charge in [-0.05, 0) is 5.56 Å². The minimum absolute atomic E-state index is 0.155. The third-order valence-electron chi connectivity index (χ3n) is 4.14. The Morgan fingerprint density at radius 1 is 1.10 bits per heavy atom. The Bertz CT molecular complexity index is 750. The van der Waals surface area contributed by atoms with E-state index in [2.05, 4.69) is 0 Å². The molecular formula is C13H6N4O4. The van der Waals surface area contributed by atoms with E-state index in [4.69, 9.17) is 0 Å². The lowest BCUT2D eigenvalue weighted by atomic mass is 9.98. The molecule has 2 amide bonds. The van der Waals surface area contributed by atoms with Crippen molar-refractivity contribution in [3.8, 4) is 12.1 Å². The van der Waals surface area contributed by atoms with Crippen molar-refractivity contribution in [2.45, 2.75) is 5.92 Å². The second kappa shape index (κ2) is 3.64. The molecule has 1 N–H and O–H groups in total. The van der Waals surface area contributed by atoms with Gasteiger partial charge in [0.15, 0.2) is 10.8 Å². The number of nitro benzene ring substituents is 1. The number of benzene rings is 1. The van der Waals surface area contributed by atoms with Crippen LogP contribution in [-0.4, -0.2) is 16.7 Å². The van der Waals surface area contributed by atoms with E-state index >= 15 is 0 Å². The number of carbonyl (C=O) groups is 2. The Labute approximate surface area is 117 Å². The molecule has 2 fully saturated rings. The van der Waals surface area contributed by atoms with Crippen LogP contribution < -0.4 is 5.32 Å². The number of nitriles is 2. The molecule has 1 heterocycles. The van der Waals surface area contributed by atoms with Crippen molar-refractivity contribution in [3.05, 3.63) is 39.9 Å². The van der Waals surface area contributed by atoms with Gasteiger partial charge in [0.05, 0.1) is 17.1 Å². The molecule has 1 saturated carbocycles. The van der Waals surface area contributed by atoms with E-state index in [1.165, 1.54) is 24.3 Å². The highest BCUT2D eigenvalue weighted by Gasteiger charge is 2.90. The van der Waals surface area contributed by atoms with Crippen molar-refractivity contribution < 1.29 is 14.5 Å². The summed E-state index contributed by atoms with van der Waals surface area (Å²) in [6.45, 7) is 0. The van der Waals surface area contributed by atoms with Gasteiger partial charge in [-0.25, -0.2) is 0 Å². The number of nitrogens with zero attached hydrogens (tertiary/aromatic N) is 3. The predicted octanol–water partition coefficient (Wildman–Crippen LogP) is 0.368. The number of fused-ring (bicyclic) bond motifs is 1. The van der Waals surface area contributed by atoms with Gasteiger partial charge in [-0.3, -0.25) is 25.0 Å². The summed E-state index contributed by atoms with van der Waals surface area (Å²) in [7, 11) is 0. The van der Waals surface area contributed by atoms with Gasteiger partial charge in [0.1, 0.15) is 0 Å². The zero-order chi connectivity index (χ0) is 15.4. The Morgan fingerprint density at radius 2 is 1.57 bits per heavy atom. The number of hydrogen-bond acceptors (Lipinski definition) is 6. The summed E-state index contributed by atoms with van der Waals surface area (Å²) in [4.78, 5) is 33.8. The standard InChI is InChI=1S/C13H6N4O4/c14-5-12-9(7-1-3-8(4-2-7)17(20)21)13(12,6-15)11(19)16-10(12)18/h1-4,9H,(H,16,18,19)/t9?,12-,13+. The van der Waals surface area contributed by atoms with Gasteiger partial charge < -0.3 is 0 Å². The van der Waals surface area contributed by atoms with Gasteiger partial charge in [-0.15, -0.1) is 0 Å². The second-order valence-corrected chi connectivity index (χ2v) is 4.90. The summed E-state index contributed by atoms with van der Waals surface area (Å²) in [6, 6.07) is 8.71. The molecular weight excluding hydrogens is 276 g/mol. The number of nitrogens with one attached hydrogen (secondary N) is 1. The lowest BCUT2D eigenvalue weighted by molar-refractivity contribution is -0.384. The first-order valence-corrected chi connectivity index (χ1v) is 5.88. The minimum atomic E-state index is -1.74. The maximum Gasteiger partial charge on any atom is 0.269 e. The predicted molar refractivity (Wildman–Crippen MR) is 65.1 cm³/mol. The Kier molecular flexibility index (Phi) is 2.21. The molecule has 1 aliphatic heterocycles. The van der Waals surface area contributed by atoms with Crippen molar-refractivity contribution in [1.29, 1.82) is 10.5 Å². The van der Waals surface area contributed by atoms with Gasteiger partial charge in [0.2, 0.25) is 11.8 Å². The number of imide groups is 1.